The molecular formula is C32H37N3O4. The predicted molar refractivity (Wildman–Crippen MR) is 151 cm³/mol. The lowest BCUT2D eigenvalue weighted by molar-refractivity contribution is -0.154. The number of benzene rings is 3. The predicted octanol–water partition coefficient (Wildman–Crippen LogP) is 3.78. The summed E-state index contributed by atoms with van der Waals surface area (Å²) in [5, 5.41) is 0. The highest BCUT2D eigenvalue weighted by Gasteiger charge is 2.56. The molecule has 0 N–H and O–H groups in total. The molecule has 0 bridgehead atoms. The number of hydrogen-bond donors (Lipinski definition) is 0. The van der Waals surface area contributed by atoms with Crippen LogP contribution in [0.15, 0.2) is 91.0 Å². The quantitative estimate of drug-likeness (QED) is 0.228. The van der Waals surface area contributed by atoms with Gasteiger partial charge in [0.25, 0.3) is 0 Å². The van der Waals surface area contributed by atoms with Crippen LogP contribution in [0.3, 0.4) is 0 Å². The van der Waals surface area contributed by atoms with Crippen molar-refractivity contribution < 1.29 is 19.1 Å². The average Bonchev–Trinajstić information content (AvgIpc) is 3.75. The van der Waals surface area contributed by atoms with Crippen molar-refractivity contribution in [3.05, 3.63) is 108 Å². The van der Waals surface area contributed by atoms with E-state index >= 15 is 0 Å². The molecule has 0 saturated carbocycles. The Morgan fingerprint density at radius 1 is 0.846 bits per heavy atom. The molecule has 2 amide bonds. The lowest BCUT2D eigenvalue weighted by Crippen LogP contribution is -2.50. The maximum Gasteiger partial charge on any atom is 0.328 e. The Kier molecular flexibility index (Phi) is 8.51. The molecule has 0 aliphatic carbocycles. The molecule has 3 atom stereocenters. The topological polar surface area (TPSA) is 69.9 Å². The summed E-state index contributed by atoms with van der Waals surface area (Å²) in [6.07, 6.45) is 0. The van der Waals surface area contributed by atoms with Gasteiger partial charge in [-0.1, -0.05) is 105 Å². The lowest BCUT2D eigenvalue weighted by atomic mass is 9.76. The molecule has 7 heteroatoms. The Balaban J connectivity index is 1.64. The minimum absolute atomic E-state index is 0.130. The first-order chi connectivity index (χ1) is 18.7. The Hall–Kier alpha value is -3.97. The molecule has 1 aliphatic rings. The smallest absolute Gasteiger partial charge is 0.328 e. The van der Waals surface area contributed by atoms with Crippen LogP contribution >= 0.6 is 0 Å². The number of methoxy groups -OCH3 is 1. The summed E-state index contributed by atoms with van der Waals surface area (Å²) >= 11 is 0. The van der Waals surface area contributed by atoms with Gasteiger partial charge in [-0.05, 0) is 22.6 Å². The van der Waals surface area contributed by atoms with E-state index in [-0.39, 0.29) is 24.3 Å². The zero-order valence-electron chi connectivity index (χ0n) is 23.3. The van der Waals surface area contributed by atoms with Crippen LogP contribution in [0.4, 0.5) is 0 Å². The van der Waals surface area contributed by atoms with Crippen molar-refractivity contribution in [1.82, 2.24) is 14.7 Å². The number of amides is 2. The Labute approximate surface area is 231 Å². The van der Waals surface area contributed by atoms with Gasteiger partial charge in [0.2, 0.25) is 11.8 Å². The van der Waals surface area contributed by atoms with Gasteiger partial charge in [-0.25, -0.2) is 4.79 Å². The van der Waals surface area contributed by atoms with Crippen molar-refractivity contribution in [2.75, 3.05) is 34.3 Å². The number of likely N-dealkylation sites (N-methyl/N-ethyl adjacent to an activating group) is 2. The fourth-order valence-electron chi connectivity index (χ4n) is 5.56. The first kappa shape index (κ1) is 28.0. The number of esters is 1. The van der Waals surface area contributed by atoms with Crippen LogP contribution in [0, 0.1) is 5.92 Å². The van der Waals surface area contributed by atoms with Crippen molar-refractivity contribution >= 4 is 17.8 Å². The summed E-state index contributed by atoms with van der Waals surface area (Å²) < 4.78 is 4.90. The van der Waals surface area contributed by atoms with Gasteiger partial charge in [0.05, 0.1) is 19.2 Å². The van der Waals surface area contributed by atoms with Crippen molar-refractivity contribution in [3.63, 3.8) is 0 Å². The highest BCUT2D eigenvalue weighted by molar-refractivity contribution is 5.91. The van der Waals surface area contributed by atoms with Crippen LogP contribution in [-0.4, -0.2) is 78.9 Å². The van der Waals surface area contributed by atoms with Crippen LogP contribution in [0.5, 0.6) is 0 Å². The second-order valence-electron chi connectivity index (χ2n) is 10.4. The van der Waals surface area contributed by atoms with Crippen LogP contribution in [0.2, 0.25) is 0 Å². The first-order valence-corrected chi connectivity index (χ1v) is 13.2. The molecular weight excluding hydrogens is 490 g/mol. The van der Waals surface area contributed by atoms with Gasteiger partial charge in [-0.3, -0.25) is 14.5 Å². The fraction of sp³-hybridized carbons (Fsp3) is 0.344. The second kappa shape index (κ2) is 11.8. The summed E-state index contributed by atoms with van der Waals surface area (Å²) in [7, 11) is 4.53. The molecule has 1 fully saturated rings. The molecule has 0 radical (unpaired) electrons. The van der Waals surface area contributed by atoms with E-state index in [9.17, 15) is 14.4 Å². The minimum atomic E-state index is -0.717. The second-order valence-corrected chi connectivity index (χ2v) is 10.4. The Morgan fingerprint density at radius 3 is 1.67 bits per heavy atom. The number of nitrogens with zero attached hydrogens (tertiary/aromatic N) is 3. The molecule has 3 aromatic carbocycles. The summed E-state index contributed by atoms with van der Waals surface area (Å²) in [4.78, 5) is 44.2. The van der Waals surface area contributed by atoms with Crippen LogP contribution in [0.1, 0.15) is 30.5 Å². The van der Waals surface area contributed by atoms with Crippen LogP contribution < -0.4 is 0 Å². The molecule has 1 saturated heterocycles. The first-order valence-electron chi connectivity index (χ1n) is 13.2. The minimum Gasteiger partial charge on any atom is -0.467 e. The van der Waals surface area contributed by atoms with Gasteiger partial charge in [0.15, 0.2) is 0 Å². The van der Waals surface area contributed by atoms with Gasteiger partial charge in [-0.15, -0.1) is 0 Å². The third-order valence-electron chi connectivity index (χ3n) is 7.54. The number of hydrogen-bond acceptors (Lipinski definition) is 5. The van der Waals surface area contributed by atoms with Crippen molar-refractivity contribution in [2.45, 2.75) is 31.5 Å². The SMILES string of the molecule is COC(=O)[C@H](C(C)C)N(C)C(=O)CN(C)C(=O)[C@H]1CN1C(c1ccccc1)(c1ccccc1)c1ccccc1. The van der Waals surface area contributed by atoms with Gasteiger partial charge in [0.1, 0.15) is 12.1 Å². The Morgan fingerprint density at radius 2 is 1.28 bits per heavy atom. The Bertz CT molecular complexity index is 1180. The molecule has 204 valence electrons. The normalized spacial score (nSPS) is 17.3. The summed E-state index contributed by atoms with van der Waals surface area (Å²) in [5.74, 6) is -1.05. The maximum atomic E-state index is 13.7. The number of carbonyl (C=O) groups is 3. The van der Waals surface area contributed by atoms with E-state index in [2.05, 4.69) is 41.3 Å². The van der Waals surface area contributed by atoms with Crippen molar-refractivity contribution in [3.8, 4) is 0 Å². The van der Waals surface area contributed by atoms with Crippen molar-refractivity contribution in [2.24, 2.45) is 5.92 Å². The highest BCUT2D eigenvalue weighted by atomic mass is 16.5. The average molecular weight is 528 g/mol. The van der Waals surface area contributed by atoms with E-state index in [0.29, 0.717) is 6.54 Å². The molecule has 1 aliphatic heterocycles. The van der Waals surface area contributed by atoms with E-state index in [0.717, 1.165) is 16.7 Å². The largest absolute Gasteiger partial charge is 0.467 e. The van der Waals surface area contributed by atoms with E-state index in [1.54, 1.807) is 14.1 Å². The van der Waals surface area contributed by atoms with E-state index in [4.69, 9.17) is 4.74 Å². The van der Waals surface area contributed by atoms with E-state index in [1.807, 2.05) is 68.4 Å². The van der Waals surface area contributed by atoms with Crippen LogP contribution in [0.25, 0.3) is 0 Å². The van der Waals surface area contributed by atoms with Gasteiger partial charge in [0, 0.05) is 20.6 Å². The molecule has 3 aromatic rings. The van der Waals surface area contributed by atoms with E-state index in [1.165, 1.54) is 16.9 Å². The highest BCUT2D eigenvalue weighted by Crippen LogP contribution is 2.48. The number of carbonyl (C=O) groups excluding carboxylic acids is 3. The van der Waals surface area contributed by atoms with Gasteiger partial charge >= 0.3 is 5.97 Å². The lowest BCUT2D eigenvalue weighted by Gasteiger charge is -2.38. The van der Waals surface area contributed by atoms with Crippen LogP contribution in [-0.2, 0) is 24.7 Å². The molecule has 4 rings (SSSR count). The van der Waals surface area contributed by atoms with Crippen molar-refractivity contribution in [1.29, 1.82) is 0 Å². The third-order valence-corrected chi connectivity index (χ3v) is 7.54. The molecule has 7 nitrogen and oxygen atoms in total. The molecule has 39 heavy (non-hydrogen) atoms. The zero-order chi connectivity index (χ0) is 28.2. The maximum absolute atomic E-state index is 13.7. The summed E-state index contributed by atoms with van der Waals surface area (Å²) in [6, 6.07) is 29.5. The van der Waals surface area contributed by atoms with Gasteiger partial charge in [-0.2, -0.15) is 0 Å². The zero-order valence-corrected chi connectivity index (χ0v) is 23.3. The molecule has 0 aromatic heterocycles. The fourth-order valence-corrected chi connectivity index (χ4v) is 5.56. The number of ether oxygens (including phenoxy) is 1. The van der Waals surface area contributed by atoms with E-state index < -0.39 is 23.6 Å². The molecule has 1 heterocycles. The standard InChI is InChI=1S/C32H37N3O4/c1-23(2)29(31(38)39-5)34(4)28(36)22-33(3)30(37)27-21-35(27)32(24-15-9-6-10-16-24,25-17-11-7-12-18-25)26-19-13-8-14-20-26/h6-20,23,27,29H,21-22H2,1-5H3/t27-,29+,35?/m1/s1. The van der Waals surface area contributed by atoms with Gasteiger partial charge < -0.3 is 14.5 Å². The summed E-state index contributed by atoms with van der Waals surface area (Å²) in [5.41, 5.74) is 2.51. The third kappa shape index (κ3) is 5.45. The number of rotatable bonds is 10. The monoisotopic (exact) mass is 527 g/mol. The summed E-state index contributed by atoms with van der Waals surface area (Å²) in [6.45, 7) is 4.13. The molecule has 1 unspecified atom stereocenters. The molecule has 0 spiro atoms.